The molecule has 0 radical (unpaired) electrons. The fraction of sp³-hybridized carbons (Fsp3) is 0.583. The van der Waals surface area contributed by atoms with Gasteiger partial charge >= 0.3 is 5.97 Å². The zero-order valence-electron chi connectivity index (χ0n) is 18.3. The number of ketones is 1. The molecule has 1 aliphatic rings. The number of aliphatic hydroxyl groups is 2. The lowest BCUT2D eigenvalue weighted by molar-refractivity contribution is -0.141. The third-order valence-electron chi connectivity index (χ3n) is 5.73. The molecule has 0 spiro atoms. The van der Waals surface area contributed by atoms with Gasteiger partial charge in [-0.3, -0.25) is 9.59 Å². The predicted octanol–water partition coefficient (Wildman–Crippen LogP) is 3.09. The molecule has 0 aliphatic heterocycles. The van der Waals surface area contributed by atoms with Gasteiger partial charge in [0.1, 0.15) is 5.78 Å². The first-order valence-electron chi connectivity index (χ1n) is 10.8. The molecule has 0 bridgehead atoms. The molecule has 1 fully saturated rings. The van der Waals surface area contributed by atoms with Crippen LogP contribution in [-0.2, 0) is 27.4 Å². The SMILES string of the molecule is COCc1cccc(C[C@H](O)C=C[C@H]2[C@H](O)CC(=O)[C@@H]2CCSCCC(C)C(=O)O)c1. The van der Waals surface area contributed by atoms with E-state index in [0.29, 0.717) is 25.9 Å². The predicted molar refractivity (Wildman–Crippen MR) is 122 cm³/mol. The van der Waals surface area contributed by atoms with Crippen molar-refractivity contribution < 1.29 is 29.6 Å². The molecule has 2 rings (SSSR count). The summed E-state index contributed by atoms with van der Waals surface area (Å²) in [7, 11) is 1.64. The fourth-order valence-corrected chi connectivity index (χ4v) is 5.01. The summed E-state index contributed by atoms with van der Waals surface area (Å²) in [5.41, 5.74) is 2.04. The van der Waals surface area contributed by atoms with Crippen molar-refractivity contribution in [3.05, 3.63) is 47.5 Å². The number of hydrogen-bond acceptors (Lipinski definition) is 6. The van der Waals surface area contributed by atoms with Crippen molar-refractivity contribution >= 4 is 23.5 Å². The zero-order chi connectivity index (χ0) is 22.8. The molecule has 5 atom stereocenters. The van der Waals surface area contributed by atoms with Crippen LogP contribution in [0.1, 0.15) is 37.3 Å². The number of carboxylic acids is 1. The average molecular weight is 451 g/mol. The number of benzene rings is 1. The molecule has 1 aromatic carbocycles. The molecule has 0 saturated heterocycles. The van der Waals surface area contributed by atoms with Crippen molar-refractivity contribution in [2.24, 2.45) is 17.8 Å². The number of carbonyl (C=O) groups excluding carboxylic acids is 1. The number of aliphatic hydroxyl groups excluding tert-OH is 2. The Morgan fingerprint density at radius 2 is 2.06 bits per heavy atom. The van der Waals surface area contributed by atoms with Crippen molar-refractivity contribution in [2.45, 2.75) is 51.4 Å². The number of Topliss-reactive ketones (excluding diaryl/α,β-unsaturated/α-hetero) is 1. The van der Waals surface area contributed by atoms with Gasteiger partial charge in [-0.15, -0.1) is 0 Å². The van der Waals surface area contributed by atoms with Crippen LogP contribution >= 0.6 is 11.8 Å². The third-order valence-corrected chi connectivity index (χ3v) is 6.77. The smallest absolute Gasteiger partial charge is 0.306 e. The van der Waals surface area contributed by atoms with Crippen molar-refractivity contribution in [1.82, 2.24) is 0 Å². The van der Waals surface area contributed by atoms with Crippen LogP contribution in [0.25, 0.3) is 0 Å². The normalized spacial score (nSPS) is 23.4. The van der Waals surface area contributed by atoms with Crippen LogP contribution in [0.5, 0.6) is 0 Å². The largest absolute Gasteiger partial charge is 0.481 e. The van der Waals surface area contributed by atoms with Crippen LogP contribution in [0.3, 0.4) is 0 Å². The van der Waals surface area contributed by atoms with Crippen LogP contribution < -0.4 is 0 Å². The van der Waals surface area contributed by atoms with E-state index in [1.54, 1.807) is 37.9 Å². The van der Waals surface area contributed by atoms with Crippen molar-refractivity contribution in [3.63, 3.8) is 0 Å². The lowest BCUT2D eigenvalue weighted by atomic mass is 9.91. The van der Waals surface area contributed by atoms with E-state index in [2.05, 4.69) is 0 Å². The molecule has 0 heterocycles. The Labute approximate surface area is 188 Å². The van der Waals surface area contributed by atoms with Crippen LogP contribution in [0.2, 0.25) is 0 Å². The van der Waals surface area contributed by atoms with Gasteiger partial charge in [-0.2, -0.15) is 11.8 Å². The minimum Gasteiger partial charge on any atom is -0.481 e. The maximum Gasteiger partial charge on any atom is 0.306 e. The number of carbonyl (C=O) groups is 2. The summed E-state index contributed by atoms with van der Waals surface area (Å²) in [6, 6.07) is 7.86. The Kier molecular flexibility index (Phi) is 10.7. The summed E-state index contributed by atoms with van der Waals surface area (Å²) in [4.78, 5) is 23.2. The molecule has 1 aliphatic carbocycles. The third kappa shape index (κ3) is 8.41. The minimum atomic E-state index is -0.788. The van der Waals surface area contributed by atoms with Crippen molar-refractivity contribution in [3.8, 4) is 0 Å². The number of carboxylic acid groups (broad SMARTS) is 1. The van der Waals surface area contributed by atoms with Crippen LogP contribution in [-0.4, -0.2) is 57.9 Å². The number of methoxy groups -OCH3 is 1. The van der Waals surface area contributed by atoms with Gasteiger partial charge in [0.15, 0.2) is 0 Å². The summed E-state index contributed by atoms with van der Waals surface area (Å²) >= 11 is 1.64. The highest BCUT2D eigenvalue weighted by atomic mass is 32.2. The number of ether oxygens (including phenoxy) is 1. The topological polar surface area (TPSA) is 104 Å². The molecular formula is C24H34O6S. The maximum atomic E-state index is 12.3. The minimum absolute atomic E-state index is 0.0587. The number of hydrogen-bond donors (Lipinski definition) is 3. The second kappa shape index (κ2) is 13.0. The maximum absolute atomic E-state index is 12.3. The monoisotopic (exact) mass is 450 g/mol. The van der Waals surface area contributed by atoms with Gasteiger partial charge < -0.3 is 20.1 Å². The van der Waals surface area contributed by atoms with Gasteiger partial charge in [-0.25, -0.2) is 0 Å². The second-order valence-electron chi connectivity index (χ2n) is 8.26. The molecule has 3 N–H and O–H groups in total. The van der Waals surface area contributed by atoms with Gasteiger partial charge in [0, 0.05) is 31.8 Å². The number of thioether (sulfide) groups is 1. The quantitative estimate of drug-likeness (QED) is 0.313. The molecule has 31 heavy (non-hydrogen) atoms. The summed E-state index contributed by atoms with van der Waals surface area (Å²) in [6.07, 6.45) is 3.90. The van der Waals surface area contributed by atoms with Crippen LogP contribution in [0.4, 0.5) is 0 Å². The zero-order valence-corrected chi connectivity index (χ0v) is 19.1. The molecule has 0 aromatic heterocycles. The summed E-state index contributed by atoms with van der Waals surface area (Å²) in [6.45, 7) is 2.21. The Hall–Kier alpha value is -1.67. The van der Waals surface area contributed by atoms with E-state index in [1.165, 1.54) is 0 Å². The van der Waals surface area contributed by atoms with Gasteiger partial charge in [0.05, 0.1) is 24.7 Å². The van der Waals surface area contributed by atoms with E-state index >= 15 is 0 Å². The Bertz CT molecular complexity index is 749. The van der Waals surface area contributed by atoms with Crippen LogP contribution in [0.15, 0.2) is 36.4 Å². The highest BCUT2D eigenvalue weighted by Crippen LogP contribution is 2.34. The average Bonchev–Trinajstić information content (AvgIpc) is 2.98. The van der Waals surface area contributed by atoms with Crippen molar-refractivity contribution in [2.75, 3.05) is 18.6 Å². The van der Waals surface area contributed by atoms with Crippen LogP contribution in [0, 0.1) is 17.8 Å². The molecule has 1 aromatic rings. The first kappa shape index (κ1) is 25.6. The summed E-state index contributed by atoms with van der Waals surface area (Å²) < 4.78 is 5.14. The van der Waals surface area contributed by atoms with E-state index < -0.39 is 18.2 Å². The molecule has 0 amide bonds. The Morgan fingerprint density at radius 1 is 1.32 bits per heavy atom. The van der Waals surface area contributed by atoms with Gasteiger partial charge in [0.25, 0.3) is 0 Å². The van der Waals surface area contributed by atoms with Crippen molar-refractivity contribution in [1.29, 1.82) is 0 Å². The first-order chi connectivity index (χ1) is 14.8. The lowest BCUT2D eigenvalue weighted by Crippen LogP contribution is -2.20. The number of rotatable bonds is 13. The Balaban J connectivity index is 1.85. The lowest BCUT2D eigenvalue weighted by Gasteiger charge is -2.18. The number of aliphatic carboxylic acids is 1. The first-order valence-corrected chi connectivity index (χ1v) is 11.9. The van der Waals surface area contributed by atoms with Gasteiger partial charge in [-0.05, 0) is 35.5 Å². The molecule has 7 heteroatoms. The molecule has 1 unspecified atom stereocenters. The van der Waals surface area contributed by atoms with E-state index in [-0.39, 0.29) is 30.0 Å². The van der Waals surface area contributed by atoms with E-state index in [0.717, 1.165) is 22.6 Å². The summed E-state index contributed by atoms with van der Waals surface area (Å²) in [5, 5.41) is 29.7. The van der Waals surface area contributed by atoms with E-state index in [9.17, 15) is 19.8 Å². The molecule has 172 valence electrons. The second-order valence-corrected chi connectivity index (χ2v) is 9.48. The highest BCUT2D eigenvalue weighted by Gasteiger charge is 2.39. The van der Waals surface area contributed by atoms with Gasteiger partial charge in [0.2, 0.25) is 0 Å². The fourth-order valence-electron chi connectivity index (χ4n) is 3.87. The van der Waals surface area contributed by atoms with E-state index in [4.69, 9.17) is 9.84 Å². The van der Waals surface area contributed by atoms with Gasteiger partial charge in [-0.1, -0.05) is 43.3 Å². The van der Waals surface area contributed by atoms with E-state index in [1.807, 2.05) is 24.3 Å². The Morgan fingerprint density at radius 3 is 2.77 bits per heavy atom. The summed E-state index contributed by atoms with van der Waals surface area (Å²) in [5.74, 6) is -0.164. The molecule has 1 saturated carbocycles. The highest BCUT2D eigenvalue weighted by molar-refractivity contribution is 7.99. The molecular weight excluding hydrogens is 416 g/mol. The standard InChI is InChI=1S/C24H34O6S/c1-16(24(28)29)8-10-31-11-9-21-20(22(26)14-23(21)27)7-6-19(25)13-17-4-3-5-18(12-17)15-30-2/h3-7,12,16,19-22,25-26H,8-11,13-15H2,1-2H3,(H,28,29)/t16?,19-,20-,21-,22-/m1/s1. The molecule has 6 nitrogen and oxygen atoms in total.